The van der Waals surface area contributed by atoms with Crippen LogP contribution in [-0.4, -0.2) is 6.04 Å². The molecule has 2 nitrogen and oxygen atoms in total. The quantitative estimate of drug-likeness (QED) is 0.826. The van der Waals surface area contributed by atoms with Gasteiger partial charge in [-0.1, -0.05) is 18.2 Å². The lowest BCUT2D eigenvalue weighted by Crippen LogP contribution is -2.19. The summed E-state index contributed by atoms with van der Waals surface area (Å²) in [6, 6.07) is 11.1. The number of nitrogens with one attached hydrogen (secondary N) is 1. The Hall–Kier alpha value is -2.10. The zero-order valence-electron chi connectivity index (χ0n) is 10.7. The van der Waals surface area contributed by atoms with Gasteiger partial charge in [0.25, 0.3) is 0 Å². The van der Waals surface area contributed by atoms with Gasteiger partial charge in [0, 0.05) is 6.04 Å². The molecular formula is C15H16F2N2. The van der Waals surface area contributed by atoms with Gasteiger partial charge in [-0.3, -0.25) is 0 Å². The van der Waals surface area contributed by atoms with Crippen LogP contribution in [0, 0.1) is 11.6 Å². The predicted molar refractivity (Wildman–Crippen MR) is 74.0 cm³/mol. The SMILES string of the molecule is CC(Cc1ccc(F)cc1)Nc1cccc(F)c1N. The van der Waals surface area contributed by atoms with Crippen molar-refractivity contribution >= 4 is 11.4 Å². The number of hydrogen-bond donors (Lipinski definition) is 2. The number of halogens is 2. The Bertz CT molecular complexity index is 553. The molecule has 0 saturated heterocycles. The van der Waals surface area contributed by atoms with Gasteiger partial charge < -0.3 is 11.1 Å². The monoisotopic (exact) mass is 262 g/mol. The Labute approximate surface area is 111 Å². The number of nitrogens with two attached hydrogens (primary N) is 1. The van der Waals surface area contributed by atoms with Crippen LogP contribution in [0.4, 0.5) is 20.2 Å². The largest absolute Gasteiger partial charge is 0.395 e. The van der Waals surface area contributed by atoms with Gasteiger partial charge >= 0.3 is 0 Å². The van der Waals surface area contributed by atoms with Crippen molar-refractivity contribution in [3.63, 3.8) is 0 Å². The molecule has 3 N–H and O–H groups in total. The molecule has 0 spiro atoms. The Morgan fingerprint density at radius 3 is 2.47 bits per heavy atom. The third kappa shape index (κ3) is 3.44. The van der Waals surface area contributed by atoms with E-state index in [4.69, 9.17) is 5.73 Å². The van der Waals surface area contributed by atoms with Crippen molar-refractivity contribution in [2.45, 2.75) is 19.4 Å². The van der Waals surface area contributed by atoms with E-state index in [1.807, 2.05) is 6.92 Å². The summed E-state index contributed by atoms with van der Waals surface area (Å²) in [6.45, 7) is 1.97. The average molecular weight is 262 g/mol. The van der Waals surface area contributed by atoms with Crippen LogP contribution in [-0.2, 0) is 6.42 Å². The average Bonchev–Trinajstić information content (AvgIpc) is 2.38. The summed E-state index contributed by atoms with van der Waals surface area (Å²) in [7, 11) is 0. The Morgan fingerprint density at radius 2 is 1.79 bits per heavy atom. The summed E-state index contributed by atoms with van der Waals surface area (Å²) >= 11 is 0. The normalized spacial score (nSPS) is 12.2. The third-order valence-electron chi connectivity index (χ3n) is 2.91. The van der Waals surface area contributed by atoms with Crippen molar-refractivity contribution in [3.05, 3.63) is 59.7 Å². The predicted octanol–water partition coefficient (Wildman–Crippen LogP) is 3.59. The van der Waals surface area contributed by atoms with Gasteiger partial charge in [0.05, 0.1) is 11.4 Å². The number of anilines is 2. The highest BCUT2D eigenvalue weighted by Gasteiger charge is 2.08. The number of hydrogen-bond acceptors (Lipinski definition) is 2. The van der Waals surface area contributed by atoms with Gasteiger partial charge in [0.15, 0.2) is 0 Å². The number of nitrogen functional groups attached to an aromatic ring is 1. The van der Waals surface area contributed by atoms with Gasteiger partial charge in [-0.25, -0.2) is 8.78 Å². The van der Waals surface area contributed by atoms with Crippen LogP contribution in [0.25, 0.3) is 0 Å². The van der Waals surface area contributed by atoms with Crippen molar-refractivity contribution < 1.29 is 8.78 Å². The van der Waals surface area contributed by atoms with Crippen LogP contribution < -0.4 is 11.1 Å². The summed E-state index contributed by atoms with van der Waals surface area (Å²) in [5, 5.41) is 3.16. The summed E-state index contributed by atoms with van der Waals surface area (Å²) in [4.78, 5) is 0. The van der Waals surface area contributed by atoms with Crippen molar-refractivity contribution in [1.82, 2.24) is 0 Å². The summed E-state index contributed by atoms with van der Waals surface area (Å²) in [5.74, 6) is -0.683. The van der Waals surface area contributed by atoms with Crippen LogP contribution in [0.3, 0.4) is 0 Å². The molecule has 0 aliphatic heterocycles. The fraction of sp³-hybridized carbons (Fsp3) is 0.200. The molecule has 2 aromatic carbocycles. The van der Waals surface area contributed by atoms with E-state index in [0.29, 0.717) is 12.1 Å². The van der Waals surface area contributed by atoms with E-state index in [1.54, 1.807) is 24.3 Å². The van der Waals surface area contributed by atoms with E-state index >= 15 is 0 Å². The minimum atomic E-state index is -0.431. The van der Waals surface area contributed by atoms with Gasteiger partial charge in [0.1, 0.15) is 11.6 Å². The Balaban J connectivity index is 2.03. The van der Waals surface area contributed by atoms with E-state index in [2.05, 4.69) is 5.32 Å². The maximum absolute atomic E-state index is 13.3. The van der Waals surface area contributed by atoms with Crippen molar-refractivity contribution in [2.75, 3.05) is 11.1 Å². The highest BCUT2D eigenvalue weighted by Crippen LogP contribution is 2.22. The maximum atomic E-state index is 13.3. The molecule has 0 aliphatic carbocycles. The van der Waals surface area contributed by atoms with Gasteiger partial charge in [-0.05, 0) is 43.2 Å². The highest BCUT2D eigenvalue weighted by atomic mass is 19.1. The molecule has 2 rings (SSSR count). The maximum Gasteiger partial charge on any atom is 0.148 e. The molecule has 100 valence electrons. The van der Waals surface area contributed by atoms with E-state index < -0.39 is 5.82 Å². The Morgan fingerprint density at radius 1 is 1.11 bits per heavy atom. The van der Waals surface area contributed by atoms with Gasteiger partial charge in [0.2, 0.25) is 0 Å². The first-order valence-corrected chi connectivity index (χ1v) is 6.11. The molecule has 1 atom stereocenters. The van der Waals surface area contributed by atoms with E-state index in [-0.39, 0.29) is 17.5 Å². The summed E-state index contributed by atoms with van der Waals surface area (Å²) in [5.41, 5.74) is 7.36. The summed E-state index contributed by atoms with van der Waals surface area (Å²) in [6.07, 6.45) is 0.705. The van der Waals surface area contributed by atoms with Crippen molar-refractivity contribution in [2.24, 2.45) is 0 Å². The van der Waals surface area contributed by atoms with Crippen LogP contribution in [0.15, 0.2) is 42.5 Å². The number of rotatable bonds is 4. The fourth-order valence-electron chi connectivity index (χ4n) is 1.95. The van der Waals surface area contributed by atoms with Crippen molar-refractivity contribution in [3.8, 4) is 0 Å². The molecule has 19 heavy (non-hydrogen) atoms. The first-order chi connectivity index (χ1) is 9.06. The fourth-order valence-corrected chi connectivity index (χ4v) is 1.95. The third-order valence-corrected chi connectivity index (χ3v) is 2.91. The Kier molecular flexibility index (Phi) is 4.00. The molecule has 0 radical (unpaired) electrons. The molecule has 1 unspecified atom stereocenters. The van der Waals surface area contributed by atoms with Gasteiger partial charge in [-0.15, -0.1) is 0 Å². The highest BCUT2D eigenvalue weighted by molar-refractivity contribution is 5.66. The zero-order valence-corrected chi connectivity index (χ0v) is 10.7. The molecule has 4 heteroatoms. The van der Waals surface area contributed by atoms with Crippen LogP contribution in [0.5, 0.6) is 0 Å². The molecule has 0 saturated carbocycles. The molecule has 0 amide bonds. The van der Waals surface area contributed by atoms with Gasteiger partial charge in [-0.2, -0.15) is 0 Å². The molecule has 0 aromatic heterocycles. The molecule has 0 aliphatic rings. The standard InChI is InChI=1S/C15H16F2N2/c1-10(9-11-5-7-12(16)8-6-11)19-14-4-2-3-13(17)15(14)18/h2-8,10,19H,9,18H2,1H3. The van der Waals surface area contributed by atoms with E-state index in [1.165, 1.54) is 18.2 Å². The molecule has 2 aromatic rings. The van der Waals surface area contributed by atoms with Crippen molar-refractivity contribution in [1.29, 1.82) is 0 Å². The smallest absolute Gasteiger partial charge is 0.148 e. The van der Waals surface area contributed by atoms with Crippen LogP contribution in [0.1, 0.15) is 12.5 Å². The number of benzene rings is 2. The minimum Gasteiger partial charge on any atom is -0.395 e. The summed E-state index contributed by atoms with van der Waals surface area (Å²) < 4.78 is 26.1. The lowest BCUT2D eigenvalue weighted by molar-refractivity contribution is 0.626. The molecule has 0 bridgehead atoms. The van der Waals surface area contributed by atoms with E-state index in [0.717, 1.165) is 5.56 Å². The van der Waals surface area contributed by atoms with Crippen LogP contribution >= 0.6 is 0 Å². The topological polar surface area (TPSA) is 38.0 Å². The second-order valence-electron chi connectivity index (χ2n) is 4.58. The molecular weight excluding hydrogens is 246 g/mol. The van der Waals surface area contributed by atoms with Crippen LogP contribution in [0.2, 0.25) is 0 Å². The number of para-hydroxylation sites is 1. The minimum absolute atomic E-state index is 0.0644. The zero-order chi connectivity index (χ0) is 13.8. The molecule has 0 heterocycles. The lowest BCUT2D eigenvalue weighted by Gasteiger charge is -2.17. The van der Waals surface area contributed by atoms with E-state index in [9.17, 15) is 8.78 Å². The first-order valence-electron chi connectivity index (χ1n) is 6.11. The second-order valence-corrected chi connectivity index (χ2v) is 4.58. The lowest BCUT2D eigenvalue weighted by atomic mass is 10.1. The second kappa shape index (κ2) is 5.69. The first kappa shape index (κ1) is 13.3. The molecule has 0 fully saturated rings.